The highest BCUT2D eigenvalue weighted by molar-refractivity contribution is 5.87. The monoisotopic (exact) mass is 227 g/mol. The van der Waals surface area contributed by atoms with Gasteiger partial charge in [-0.2, -0.15) is 0 Å². The number of Topliss-reactive ketones (excluding diaryl/α,β-unsaturated/α-hetero) is 1. The molecule has 0 bridgehead atoms. The average molecular weight is 227 g/mol. The third-order valence-electron chi connectivity index (χ3n) is 3.32. The molecule has 0 saturated heterocycles. The minimum atomic E-state index is -0.121. The number of ketones is 1. The molecule has 1 saturated carbocycles. The highest BCUT2D eigenvalue weighted by Crippen LogP contribution is 2.30. The lowest BCUT2D eigenvalue weighted by Gasteiger charge is -2.26. The van der Waals surface area contributed by atoms with E-state index in [1.807, 2.05) is 0 Å². The van der Waals surface area contributed by atoms with Crippen LogP contribution in [0.4, 0.5) is 0 Å². The number of carbonyl (C=O) groups is 2. The van der Waals surface area contributed by atoms with Gasteiger partial charge >= 0.3 is 0 Å². The van der Waals surface area contributed by atoms with Gasteiger partial charge in [0.2, 0.25) is 5.91 Å². The van der Waals surface area contributed by atoms with Crippen LogP contribution in [0.25, 0.3) is 0 Å². The van der Waals surface area contributed by atoms with Crippen LogP contribution in [-0.2, 0) is 9.59 Å². The summed E-state index contributed by atoms with van der Waals surface area (Å²) in [6.45, 7) is 2.35. The predicted molar refractivity (Wildman–Crippen MR) is 60.8 cm³/mol. The second-order valence-corrected chi connectivity index (χ2v) is 4.49. The molecule has 0 aromatic rings. The van der Waals surface area contributed by atoms with Gasteiger partial charge in [0.05, 0.1) is 6.61 Å². The Morgan fingerprint density at radius 3 is 2.94 bits per heavy atom. The van der Waals surface area contributed by atoms with Gasteiger partial charge in [-0.3, -0.25) is 9.59 Å². The van der Waals surface area contributed by atoms with Crippen LogP contribution in [0.5, 0.6) is 0 Å². The first-order valence-corrected chi connectivity index (χ1v) is 6.07. The SMILES string of the molecule is CCC1CCC(=O)C(CC(=O)NCCO)C1. The Hall–Kier alpha value is -0.900. The van der Waals surface area contributed by atoms with E-state index in [0.29, 0.717) is 12.3 Å². The van der Waals surface area contributed by atoms with Crippen LogP contribution in [0, 0.1) is 11.8 Å². The van der Waals surface area contributed by atoms with Crippen molar-refractivity contribution in [2.24, 2.45) is 11.8 Å². The van der Waals surface area contributed by atoms with E-state index >= 15 is 0 Å². The fraction of sp³-hybridized carbons (Fsp3) is 0.833. The van der Waals surface area contributed by atoms with E-state index in [-0.39, 0.29) is 37.2 Å². The topological polar surface area (TPSA) is 66.4 Å². The Bertz CT molecular complexity index is 253. The van der Waals surface area contributed by atoms with Crippen LogP contribution < -0.4 is 5.32 Å². The van der Waals surface area contributed by atoms with Gasteiger partial charge in [0.1, 0.15) is 5.78 Å². The molecule has 0 aliphatic heterocycles. The van der Waals surface area contributed by atoms with Crippen molar-refractivity contribution >= 4 is 11.7 Å². The molecule has 0 spiro atoms. The summed E-state index contributed by atoms with van der Waals surface area (Å²) >= 11 is 0. The molecule has 0 aromatic carbocycles. The Balaban J connectivity index is 2.38. The summed E-state index contributed by atoms with van der Waals surface area (Å²) in [5.74, 6) is 0.596. The van der Waals surface area contributed by atoms with Crippen molar-refractivity contribution in [2.75, 3.05) is 13.2 Å². The van der Waals surface area contributed by atoms with Crippen LogP contribution in [-0.4, -0.2) is 29.9 Å². The summed E-state index contributed by atoms with van der Waals surface area (Å²) in [7, 11) is 0. The average Bonchev–Trinajstić information content (AvgIpc) is 2.29. The summed E-state index contributed by atoms with van der Waals surface area (Å²) in [6, 6.07) is 0. The molecule has 1 amide bonds. The molecule has 1 fully saturated rings. The molecule has 0 aromatic heterocycles. The fourth-order valence-electron chi connectivity index (χ4n) is 2.26. The van der Waals surface area contributed by atoms with Crippen molar-refractivity contribution in [3.05, 3.63) is 0 Å². The van der Waals surface area contributed by atoms with E-state index in [1.165, 1.54) is 0 Å². The predicted octanol–water partition coefficient (Wildman–Crippen LogP) is 0.880. The number of hydrogen-bond donors (Lipinski definition) is 2. The van der Waals surface area contributed by atoms with E-state index in [0.717, 1.165) is 19.3 Å². The van der Waals surface area contributed by atoms with Gasteiger partial charge in [-0.25, -0.2) is 0 Å². The van der Waals surface area contributed by atoms with Gasteiger partial charge in [0.25, 0.3) is 0 Å². The first kappa shape index (κ1) is 13.2. The maximum absolute atomic E-state index is 11.6. The second-order valence-electron chi connectivity index (χ2n) is 4.49. The van der Waals surface area contributed by atoms with Crippen LogP contribution in [0.1, 0.15) is 39.0 Å². The molecule has 1 aliphatic rings. The molecule has 4 heteroatoms. The Kier molecular flexibility index (Phi) is 5.46. The van der Waals surface area contributed by atoms with Crippen molar-refractivity contribution in [3.63, 3.8) is 0 Å². The van der Waals surface area contributed by atoms with Gasteiger partial charge in [-0.05, 0) is 18.8 Å². The summed E-state index contributed by atoms with van der Waals surface area (Å²) in [5.41, 5.74) is 0. The maximum atomic E-state index is 11.6. The van der Waals surface area contributed by atoms with Crippen molar-refractivity contribution < 1.29 is 14.7 Å². The minimum Gasteiger partial charge on any atom is -0.395 e. The molecular weight excluding hydrogens is 206 g/mol. The first-order chi connectivity index (χ1) is 7.67. The van der Waals surface area contributed by atoms with Crippen LogP contribution in [0.2, 0.25) is 0 Å². The Morgan fingerprint density at radius 2 is 2.31 bits per heavy atom. The molecule has 2 unspecified atom stereocenters. The zero-order chi connectivity index (χ0) is 12.0. The molecule has 0 radical (unpaired) electrons. The standard InChI is InChI=1S/C12H21NO3/c1-2-9-3-4-11(15)10(7-9)8-12(16)13-5-6-14/h9-10,14H,2-8H2,1H3,(H,13,16). The van der Waals surface area contributed by atoms with Gasteiger partial charge in [0, 0.05) is 25.3 Å². The second kappa shape index (κ2) is 6.63. The van der Waals surface area contributed by atoms with Gasteiger partial charge < -0.3 is 10.4 Å². The lowest BCUT2D eigenvalue weighted by Crippen LogP contribution is -2.33. The smallest absolute Gasteiger partial charge is 0.220 e. The summed E-state index contributed by atoms with van der Waals surface area (Å²) in [6.07, 6.45) is 3.82. The quantitative estimate of drug-likeness (QED) is 0.732. The highest BCUT2D eigenvalue weighted by atomic mass is 16.3. The largest absolute Gasteiger partial charge is 0.395 e. The number of aliphatic hydroxyl groups is 1. The van der Waals surface area contributed by atoms with Crippen molar-refractivity contribution in [1.82, 2.24) is 5.32 Å². The lowest BCUT2D eigenvalue weighted by atomic mass is 9.78. The van der Waals surface area contributed by atoms with E-state index in [4.69, 9.17) is 5.11 Å². The zero-order valence-electron chi connectivity index (χ0n) is 9.87. The van der Waals surface area contributed by atoms with Gasteiger partial charge in [-0.1, -0.05) is 13.3 Å². The Labute approximate surface area is 96.4 Å². The molecule has 4 nitrogen and oxygen atoms in total. The number of amides is 1. The van der Waals surface area contributed by atoms with E-state index in [1.54, 1.807) is 0 Å². The lowest BCUT2D eigenvalue weighted by molar-refractivity contribution is -0.131. The van der Waals surface area contributed by atoms with E-state index < -0.39 is 0 Å². The third kappa shape index (κ3) is 3.93. The first-order valence-electron chi connectivity index (χ1n) is 6.07. The van der Waals surface area contributed by atoms with Crippen LogP contribution in [0.3, 0.4) is 0 Å². The molecule has 0 heterocycles. The molecule has 16 heavy (non-hydrogen) atoms. The number of hydrogen-bond acceptors (Lipinski definition) is 3. The molecule has 1 aliphatic carbocycles. The fourth-order valence-corrected chi connectivity index (χ4v) is 2.26. The summed E-state index contributed by atoms with van der Waals surface area (Å²) in [5, 5.41) is 11.2. The zero-order valence-corrected chi connectivity index (χ0v) is 9.87. The number of aliphatic hydroxyl groups excluding tert-OH is 1. The van der Waals surface area contributed by atoms with Gasteiger partial charge in [0.15, 0.2) is 0 Å². The van der Waals surface area contributed by atoms with Crippen molar-refractivity contribution in [2.45, 2.75) is 39.0 Å². The van der Waals surface area contributed by atoms with E-state index in [9.17, 15) is 9.59 Å². The van der Waals surface area contributed by atoms with Crippen molar-refractivity contribution in [3.8, 4) is 0 Å². The highest BCUT2D eigenvalue weighted by Gasteiger charge is 2.29. The molecule has 2 atom stereocenters. The van der Waals surface area contributed by atoms with Crippen LogP contribution >= 0.6 is 0 Å². The van der Waals surface area contributed by atoms with Gasteiger partial charge in [-0.15, -0.1) is 0 Å². The number of rotatable bonds is 5. The Morgan fingerprint density at radius 1 is 1.56 bits per heavy atom. The van der Waals surface area contributed by atoms with Crippen molar-refractivity contribution in [1.29, 1.82) is 0 Å². The maximum Gasteiger partial charge on any atom is 0.220 e. The molecule has 1 rings (SSSR count). The minimum absolute atomic E-state index is 0.0536. The molecule has 2 N–H and O–H groups in total. The molecular formula is C12H21NO3. The number of carbonyl (C=O) groups excluding carboxylic acids is 2. The summed E-state index contributed by atoms with van der Waals surface area (Å²) < 4.78 is 0. The normalized spacial score (nSPS) is 25.5. The van der Waals surface area contributed by atoms with Crippen LogP contribution in [0.15, 0.2) is 0 Å². The summed E-state index contributed by atoms with van der Waals surface area (Å²) in [4.78, 5) is 23.1. The third-order valence-corrected chi connectivity index (χ3v) is 3.32. The molecule has 92 valence electrons. The number of nitrogens with one attached hydrogen (secondary N) is 1. The van der Waals surface area contributed by atoms with E-state index in [2.05, 4.69) is 12.2 Å².